The van der Waals surface area contributed by atoms with Crippen LogP contribution < -0.4 is 5.32 Å². The average Bonchev–Trinajstić information content (AvgIpc) is 3.38. The molecule has 134 valence electrons. The highest BCUT2D eigenvalue weighted by atomic mass is 16.2. The summed E-state index contributed by atoms with van der Waals surface area (Å²) < 4.78 is 0. The van der Waals surface area contributed by atoms with Gasteiger partial charge >= 0.3 is 0 Å². The molecule has 7 heteroatoms. The molecule has 2 aliphatic rings. The number of hydrogen-bond donors (Lipinski definition) is 1. The predicted octanol–water partition coefficient (Wildman–Crippen LogP) is 1.72. The molecule has 2 aromatic rings. The second-order valence-corrected chi connectivity index (χ2v) is 6.99. The summed E-state index contributed by atoms with van der Waals surface area (Å²) in [6.07, 6.45) is 5.82. The first kappa shape index (κ1) is 16.6. The van der Waals surface area contributed by atoms with E-state index in [1.807, 2.05) is 24.0 Å². The third kappa shape index (κ3) is 3.16. The van der Waals surface area contributed by atoms with E-state index in [0.29, 0.717) is 17.9 Å². The van der Waals surface area contributed by atoms with Crippen LogP contribution in [0.25, 0.3) is 0 Å². The highest BCUT2D eigenvalue weighted by Gasteiger charge is 2.47. The zero-order valence-electron chi connectivity index (χ0n) is 14.8. The first-order valence-corrected chi connectivity index (χ1v) is 8.87. The van der Waals surface area contributed by atoms with Gasteiger partial charge in [0.2, 0.25) is 5.91 Å². The number of nitrogens with one attached hydrogen (secondary N) is 1. The van der Waals surface area contributed by atoms with Crippen molar-refractivity contribution in [1.82, 2.24) is 25.2 Å². The van der Waals surface area contributed by atoms with Crippen LogP contribution in [0.15, 0.2) is 30.6 Å². The summed E-state index contributed by atoms with van der Waals surface area (Å²) in [5, 5.41) is 3.02. The number of hydrogen-bond acceptors (Lipinski definition) is 5. The number of carbonyl (C=O) groups excluding carboxylic acids is 2. The quantitative estimate of drug-likeness (QED) is 0.906. The normalized spacial score (nSPS) is 22.5. The van der Waals surface area contributed by atoms with Crippen molar-refractivity contribution < 1.29 is 9.59 Å². The van der Waals surface area contributed by atoms with Crippen LogP contribution in [0.2, 0.25) is 0 Å². The van der Waals surface area contributed by atoms with Crippen molar-refractivity contribution in [3.8, 4) is 0 Å². The molecule has 0 spiro atoms. The van der Waals surface area contributed by atoms with E-state index < -0.39 is 0 Å². The Hall–Kier alpha value is -2.83. The van der Waals surface area contributed by atoms with Gasteiger partial charge in [-0.3, -0.25) is 14.6 Å². The third-order valence-corrected chi connectivity index (χ3v) is 4.84. The zero-order chi connectivity index (χ0) is 18.3. The van der Waals surface area contributed by atoms with Crippen LogP contribution >= 0.6 is 0 Å². The van der Waals surface area contributed by atoms with Gasteiger partial charge in [-0.15, -0.1) is 0 Å². The van der Waals surface area contributed by atoms with E-state index in [4.69, 9.17) is 0 Å². The fraction of sp³-hybridized carbons (Fsp3) is 0.421. The summed E-state index contributed by atoms with van der Waals surface area (Å²) in [4.78, 5) is 39.9. The van der Waals surface area contributed by atoms with Crippen LogP contribution in [-0.2, 0) is 4.79 Å². The molecule has 2 amide bonds. The van der Waals surface area contributed by atoms with Crippen molar-refractivity contribution in [3.05, 3.63) is 53.4 Å². The van der Waals surface area contributed by atoms with E-state index in [1.165, 1.54) is 0 Å². The Bertz CT molecular complexity index is 830. The second kappa shape index (κ2) is 6.48. The van der Waals surface area contributed by atoms with E-state index >= 15 is 0 Å². The molecule has 1 aliphatic heterocycles. The summed E-state index contributed by atoms with van der Waals surface area (Å²) in [6, 6.07) is 5.28. The number of pyridine rings is 1. The molecule has 1 aliphatic carbocycles. The number of aromatic nitrogens is 3. The minimum Gasteiger partial charge on any atom is -0.345 e. The molecule has 7 nitrogen and oxygen atoms in total. The van der Waals surface area contributed by atoms with Crippen LogP contribution in [0.3, 0.4) is 0 Å². The molecular weight excluding hydrogens is 330 g/mol. The van der Waals surface area contributed by atoms with E-state index in [2.05, 4.69) is 20.3 Å². The Morgan fingerprint density at radius 1 is 1.27 bits per heavy atom. The van der Waals surface area contributed by atoms with Gasteiger partial charge in [-0.1, -0.05) is 6.07 Å². The molecule has 2 aromatic heterocycles. The fourth-order valence-corrected chi connectivity index (χ4v) is 3.69. The lowest BCUT2D eigenvalue weighted by Gasteiger charge is -2.28. The maximum absolute atomic E-state index is 12.7. The minimum absolute atomic E-state index is 0.0849. The van der Waals surface area contributed by atoms with Gasteiger partial charge in [0.1, 0.15) is 11.5 Å². The monoisotopic (exact) mass is 351 g/mol. The molecule has 3 heterocycles. The third-order valence-electron chi connectivity index (χ3n) is 4.84. The SMILES string of the molecule is Cc1cc(C(=O)N[C@@H]2CC(=O)N(C3CC3)[C@H]2c2cccnc2)nc(C)n1. The number of nitrogens with zero attached hydrogens (tertiary/aromatic N) is 4. The molecule has 2 atom stereocenters. The standard InChI is InChI=1S/C19H21N5O2/c1-11-8-16(22-12(2)21-11)19(26)23-15-9-17(25)24(14-5-6-14)18(15)13-4-3-7-20-10-13/h3-4,7-8,10,14-15,18H,5-6,9H2,1-2H3,(H,23,26)/t15-,18+/m1/s1. The van der Waals surface area contributed by atoms with Gasteiger partial charge in [0, 0.05) is 30.6 Å². The van der Waals surface area contributed by atoms with Gasteiger partial charge in [-0.2, -0.15) is 0 Å². The molecule has 1 saturated carbocycles. The van der Waals surface area contributed by atoms with Crippen molar-refractivity contribution in [2.45, 2.75) is 51.2 Å². The smallest absolute Gasteiger partial charge is 0.270 e. The van der Waals surface area contributed by atoms with Gasteiger partial charge in [-0.25, -0.2) is 9.97 Å². The largest absolute Gasteiger partial charge is 0.345 e. The van der Waals surface area contributed by atoms with Gasteiger partial charge in [0.05, 0.1) is 12.1 Å². The van der Waals surface area contributed by atoms with Crippen LogP contribution in [0.1, 0.15) is 52.9 Å². The molecule has 0 unspecified atom stereocenters. The molecule has 0 radical (unpaired) electrons. The highest BCUT2D eigenvalue weighted by Crippen LogP contribution is 2.41. The van der Waals surface area contributed by atoms with Crippen LogP contribution in [0, 0.1) is 13.8 Å². The molecule has 4 rings (SSSR count). The Labute approximate surface area is 151 Å². The minimum atomic E-state index is -0.296. The highest BCUT2D eigenvalue weighted by molar-refractivity contribution is 5.93. The maximum atomic E-state index is 12.7. The first-order chi connectivity index (χ1) is 12.5. The van der Waals surface area contributed by atoms with Crippen molar-refractivity contribution in [2.24, 2.45) is 0 Å². The average molecular weight is 351 g/mol. The van der Waals surface area contributed by atoms with Crippen molar-refractivity contribution in [1.29, 1.82) is 0 Å². The molecule has 0 aromatic carbocycles. The Morgan fingerprint density at radius 3 is 2.73 bits per heavy atom. The molecule has 2 fully saturated rings. The summed E-state index contributed by atoms with van der Waals surface area (Å²) in [5.41, 5.74) is 2.02. The summed E-state index contributed by atoms with van der Waals surface area (Å²) in [7, 11) is 0. The number of likely N-dealkylation sites (tertiary alicyclic amines) is 1. The van der Waals surface area contributed by atoms with Gasteiger partial charge in [0.25, 0.3) is 5.91 Å². The second-order valence-electron chi connectivity index (χ2n) is 6.99. The van der Waals surface area contributed by atoms with Crippen molar-refractivity contribution >= 4 is 11.8 Å². The van der Waals surface area contributed by atoms with E-state index in [9.17, 15) is 9.59 Å². The lowest BCUT2D eigenvalue weighted by molar-refractivity contribution is -0.129. The molecule has 0 bridgehead atoms. The van der Waals surface area contributed by atoms with E-state index in [0.717, 1.165) is 24.1 Å². The Morgan fingerprint density at radius 2 is 2.08 bits per heavy atom. The summed E-state index contributed by atoms with van der Waals surface area (Å²) >= 11 is 0. The summed E-state index contributed by atoms with van der Waals surface area (Å²) in [5.74, 6) is 0.366. The van der Waals surface area contributed by atoms with Gasteiger partial charge < -0.3 is 10.2 Å². The van der Waals surface area contributed by atoms with E-state index in [1.54, 1.807) is 25.4 Å². The summed E-state index contributed by atoms with van der Waals surface area (Å²) in [6.45, 7) is 3.59. The number of carbonyl (C=O) groups is 2. The fourth-order valence-electron chi connectivity index (χ4n) is 3.69. The lowest BCUT2D eigenvalue weighted by Crippen LogP contribution is -2.40. The van der Waals surface area contributed by atoms with Crippen molar-refractivity contribution in [2.75, 3.05) is 0 Å². The first-order valence-electron chi connectivity index (χ1n) is 8.87. The predicted molar refractivity (Wildman–Crippen MR) is 94.2 cm³/mol. The lowest BCUT2D eigenvalue weighted by atomic mass is 10.0. The Kier molecular flexibility index (Phi) is 4.14. The van der Waals surface area contributed by atoms with Crippen LogP contribution in [-0.4, -0.2) is 43.7 Å². The maximum Gasteiger partial charge on any atom is 0.270 e. The van der Waals surface area contributed by atoms with Crippen LogP contribution in [0.4, 0.5) is 0 Å². The molecule has 26 heavy (non-hydrogen) atoms. The topological polar surface area (TPSA) is 88.1 Å². The number of rotatable bonds is 4. The zero-order valence-corrected chi connectivity index (χ0v) is 14.8. The Balaban J connectivity index is 1.61. The van der Waals surface area contributed by atoms with Gasteiger partial charge in [-0.05, 0) is 44.4 Å². The van der Waals surface area contributed by atoms with Gasteiger partial charge in [0.15, 0.2) is 0 Å². The van der Waals surface area contributed by atoms with Crippen LogP contribution in [0.5, 0.6) is 0 Å². The molecular formula is C19H21N5O2. The molecule has 1 saturated heterocycles. The van der Waals surface area contributed by atoms with E-state index in [-0.39, 0.29) is 29.9 Å². The van der Waals surface area contributed by atoms with Crippen molar-refractivity contribution in [3.63, 3.8) is 0 Å². The molecule has 1 N–H and O–H groups in total. The number of aryl methyl sites for hydroxylation is 2. The number of amides is 2.